The molecular formula is C5H10KN2O4. The van der Waals surface area contributed by atoms with Gasteiger partial charge in [0.1, 0.15) is 0 Å². The molecule has 0 aliphatic rings. The van der Waals surface area contributed by atoms with Crippen LogP contribution in [0.4, 0.5) is 4.79 Å². The first-order chi connectivity index (χ1) is 4.95. The number of hydrogen-bond acceptors (Lipinski definition) is 3. The third kappa shape index (κ3) is 5.92. The summed E-state index contributed by atoms with van der Waals surface area (Å²) >= 11 is 0. The van der Waals surface area contributed by atoms with E-state index in [1.165, 1.54) is 6.92 Å². The number of amides is 2. The summed E-state index contributed by atoms with van der Waals surface area (Å²) in [5, 5.41) is 19.0. The predicted octanol–water partition coefficient (Wildman–Crippen LogP) is -1.89. The van der Waals surface area contributed by atoms with Gasteiger partial charge in [-0.15, -0.1) is 0 Å². The Hall–Kier alpha value is 0.336. The van der Waals surface area contributed by atoms with Gasteiger partial charge in [-0.25, -0.2) is 9.59 Å². The smallest absolute Gasteiger partial charge is 0.328 e. The van der Waals surface area contributed by atoms with Crippen LogP contribution in [0.25, 0.3) is 0 Å². The number of urea groups is 1. The third-order valence-corrected chi connectivity index (χ3v) is 1.05. The van der Waals surface area contributed by atoms with E-state index in [2.05, 4.69) is 5.73 Å². The van der Waals surface area contributed by atoms with E-state index in [-0.39, 0.29) is 51.4 Å². The molecule has 1 radical (unpaired) electrons. The number of nitrogens with one attached hydrogen (secondary N) is 1. The second kappa shape index (κ2) is 6.81. The number of nitrogens with two attached hydrogens (primary N) is 1. The Bertz CT molecular complexity index is 173. The summed E-state index contributed by atoms with van der Waals surface area (Å²) in [5.74, 6) is -1.32. The number of primary amides is 1. The summed E-state index contributed by atoms with van der Waals surface area (Å²) in [6.45, 7) is 1.24. The standard InChI is InChI=1S/C5H10N2O4.K/c1-2(8)3(4(9)10)7-5(6)11;/h2-3,8H,1H3,(H,9,10)(H3,6,7,11);/t2-,3+;/m1./s1. The van der Waals surface area contributed by atoms with Gasteiger partial charge < -0.3 is 21.3 Å². The van der Waals surface area contributed by atoms with Gasteiger partial charge in [0.25, 0.3) is 0 Å². The van der Waals surface area contributed by atoms with E-state index in [1.807, 2.05) is 5.32 Å². The van der Waals surface area contributed by atoms with Crippen LogP contribution >= 0.6 is 0 Å². The number of rotatable bonds is 3. The second-order valence-corrected chi connectivity index (χ2v) is 2.07. The fraction of sp³-hybridized carbons (Fsp3) is 0.600. The van der Waals surface area contributed by atoms with E-state index >= 15 is 0 Å². The Morgan fingerprint density at radius 2 is 1.92 bits per heavy atom. The van der Waals surface area contributed by atoms with E-state index in [4.69, 9.17) is 10.2 Å². The number of aliphatic hydroxyl groups excluding tert-OH is 1. The molecule has 0 aliphatic heterocycles. The van der Waals surface area contributed by atoms with Gasteiger partial charge in [0.05, 0.1) is 6.10 Å². The van der Waals surface area contributed by atoms with E-state index in [9.17, 15) is 9.59 Å². The van der Waals surface area contributed by atoms with Crippen molar-refractivity contribution in [2.24, 2.45) is 5.73 Å². The van der Waals surface area contributed by atoms with Crippen LogP contribution in [0.3, 0.4) is 0 Å². The van der Waals surface area contributed by atoms with Gasteiger partial charge in [0, 0.05) is 51.4 Å². The fourth-order valence-electron chi connectivity index (χ4n) is 0.542. The van der Waals surface area contributed by atoms with E-state index in [1.54, 1.807) is 0 Å². The Kier molecular flexibility index (Phi) is 8.42. The van der Waals surface area contributed by atoms with Crippen molar-refractivity contribution in [1.82, 2.24) is 5.32 Å². The number of aliphatic hydroxyl groups is 1. The van der Waals surface area contributed by atoms with Crippen molar-refractivity contribution in [3.63, 3.8) is 0 Å². The average Bonchev–Trinajstić information content (AvgIpc) is 1.81. The maximum atomic E-state index is 10.2. The van der Waals surface area contributed by atoms with Crippen LogP contribution in [0.1, 0.15) is 6.92 Å². The molecule has 0 saturated carbocycles. The molecule has 0 bridgehead atoms. The van der Waals surface area contributed by atoms with Crippen LogP contribution < -0.4 is 11.1 Å². The summed E-state index contributed by atoms with van der Waals surface area (Å²) < 4.78 is 0. The van der Waals surface area contributed by atoms with Gasteiger partial charge in [-0.05, 0) is 6.92 Å². The zero-order chi connectivity index (χ0) is 9.02. The van der Waals surface area contributed by atoms with Crippen LogP contribution in [-0.2, 0) is 4.79 Å². The average molecular weight is 201 g/mol. The summed E-state index contributed by atoms with van der Waals surface area (Å²) in [4.78, 5) is 20.4. The van der Waals surface area contributed by atoms with Gasteiger partial charge in [0.15, 0.2) is 6.04 Å². The first-order valence-corrected chi connectivity index (χ1v) is 2.92. The SMILES string of the molecule is C[C@@H](O)[C@H](NC(N)=O)C(=O)O.[K]. The Morgan fingerprint density at radius 1 is 1.50 bits per heavy atom. The summed E-state index contributed by atoms with van der Waals surface area (Å²) in [6.07, 6.45) is -1.17. The molecule has 0 aromatic rings. The molecule has 65 valence electrons. The molecule has 0 aromatic heterocycles. The molecular weight excluding hydrogens is 191 g/mol. The maximum absolute atomic E-state index is 10.2. The van der Waals surface area contributed by atoms with Crippen LogP contribution in [-0.4, -0.2) is 85.7 Å². The van der Waals surface area contributed by atoms with Gasteiger partial charge in [-0.1, -0.05) is 0 Å². The van der Waals surface area contributed by atoms with Crippen LogP contribution in [0.2, 0.25) is 0 Å². The Morgan fingerprint density at radius 3 is 2.00 bits per heavy atom. The third-order valence-electron chi connectivity index (χ3n) is 1.05. The molecule has 0 aliphatic carbocycles. The first kappa shape index (κ1) is 14.8. The number of carbonyl (C=O) groups excluding carboxylic acids is 1. The minimum absolute atomic E-state index is 0. The zero-order valence-corrected chi connectivity index (χ0v) is 10.1. The Labute approximate surface area is 112 Å². The predicted molar refractivity (Wildman–Crippen MR) is 41.6 cm³/mol. The minimum Gasteiger partial charge on any atom is -0.480 e. The van der Waals surface area contributed by atoms with Gasteiger partial charge in [-0.3, -0.25) is 0 Å². The Balaban J connectivity index is 0. The van der Waals surface area contributed by atoms with Gasteiger partial charge in [0.2, 0.25) is 0 Å². The molecule has 0 heterocycles. The monoisotopic (exact) mass is 201 g/mol. The van der Waals surface area contributed by atoms with Crippen LogP contribution in [0.15, 0.2) is 0 Å². The molecule has 0 unspecified atom stereocenters. The number of aliphatic carboxylic acids is 1. The molecule has 6 nitrogen and oxygen atoms in total. The second-order valence-electron chi connectivity index (χ2n) is 2.07. The normalized spacial score (nSPS) is 13.8. The number of carboxylic acids is 1. The summed E-state index contributed by atoms with van der Waals surface area (Å²) in [7, 11) is 0. The van der Waals surface area contributed by atoms with Gasteiger partial charge >= 0.3 is 12.0 Å². The maximum Gasteiger partial charge on any atom is 0.328 e. The molecule has 0 aromatic carbocycles. The van der Waals surface area contributed by atoms with E-state index in [0.29, 0.717) is 0 Å². The molecule has 2 atom stereocenters. The van der Waals surface area contributed by atoms with E-state index in [0.717, 1.165) is 0 Å². The molecule has 0 rings (SSSR count). The summed E-state index contributed by atoms with van der Waals surface area (Å²) in [5.41, 5.74) is 4.64. The van der Waals surface area contributed by atoms with Crippen molar-refractivity contribution < 1.29 is 19.8 Å². The van der Waals surface area contributed by atoms with Crippen molar-refractivity contribution in [3.8, 4) is 0 Å². The molecule has 0 fully saturated rings. The van der Waals surface area contributed by atoms with Crippen molar-refractivity contribution in [3.05, 3.63) is 0 Å². The molecule has 2 amide bonds. The molecule has 12 heavy (non-hydrogen) atoms. The van der Waals surface area contributed by atoms with Crippen molar-refractivity contribution in [1.29, 1.82) is 0 Å². The minimum atomic E-state index is -1.34. The topological polar surface area (TPSA) is 113 Å². The molecule has 7 heteroatoms. The van der Waals surface area contributed by atoms with Crippen molar-refractivity contribution in [2.45, 2.75) is 19.1 Å². The quantitative estimate of drug-likeness (QED) is 0.400. The number of hydrogen-bond donors (Lipinski definition) is 4. The zero-order valence-electron chi connectivity index (χ0n) is 6.94. The molecule has 0 saturated heterocycles. The van der Waals surface area contributed by atoms with Gasteiger partial charge in [-0.2, -0.15) is 0 Å². The van der Waals surface area contributed by atoms with Crippen molar-refractivity contribution in [2.75, 3.05) is 0 Å². The largest absolute Gasteiger partial charge is 0.480 e. The van der Waals surface area contributed by atoms with E-state index < -0.39 is 24.1 Å². The molecule has 0 spiro atoms. The summed E-state index contributed by atoms with van der Waals surface area (Å²) in [6, 6.07) is -2.31. The molecule has 5 N–H and O–H groups in total. The first-order valence-electron chi connectivity index (χ1n) is 2.92. The number of carboxylic acid groups (broad SMARTS) is 1. The van der Waals surface area contributed by atoms with Crippen LogP contribution in [0.5, 0.6) is 0 Å². The van der Waals surface area contributed by atoms with Crippen LogP contribution in [0, 0.1) is 0 Å². The van der Waals surface area contributed by atoms with Crippen molar-refractivity contribution >= 4 is 63.4 Å². The number of carbonyl (C=O) groups is 2. The fourth-order valence-corrected chi connectivity index (χ4v) is 0.542.